The van der Waals surface area contributed by atoms with Crippen molar-refractivity contribution in [3.63, 3.8) is 0 Å². The van der Waals surface area contributed by atoms with E-state index in [1.54, 1.807) is 0 Å². The fourth-order valence-corrected chi connectivity index (χ4v) is 2.75. The van der Waals surface area contributed by atoms with Gasteiger partial charge in [-0.05, 0) is 42.4 Å². The number of nitrogens with zero attached hydrogens (tertiary/aromatic N) is 1. The molecule has 0 fully saturated rings. The molecule has 2 rings (SSSR count). The number of pyridine rings is 1. The van der Waals surface area contributed by atoms with E-state index in [2.05, 4.69) is 33.2 Å². The minimum atomic E-state index is 0.202. The molecule has 1 heterocycles. The van der Waals surface area contributed by atoms with Crippen LogP contribution in [0, 0.1) is 0 Å². The summed E-state index contributed by atoms with van der Waals surface area (Å²) < 4.78 is 1.07. The predicted molar refractivity (Wildman–Crippen MR) is 83.5 cm³/mol. The Bertz CT molecular complexity index is 531. The Morgan fingerprint density at radius 3 is 2.84 bits per heavy atom. The van der Waals surface area contributed by atoms with Crippen LogP contribution >= 0.6 is 27.5 Å². The lowest BCUT2D eigenvalue weighted by atomic mass is 10.0. The molecular weight excluding hydrogens is 324 g/mol. The van der Waals surface area contributed by atoms with Crippen molar-refractivity contribution in [2.75, 3.05) is 6.54 Å². The summed E-state index contributed by atoms with van der Waals surface area (Å²) in [5.74, 6) is 0. The third-order valence-electron chi connectivity index (χ3n) is 2.92. The van der Waals surface area contributed by atoms with Crippen molar-refractivity contribution in [1.82, 2.24) is 10.3 Å². The Kier molecular flexibility index (Phi) is 5.37. The fourth-order valence-electron chi connectivity index (χ4n) is 2.05. The topological polar surface area (TPSA) is 24.9 Å². The lowest BCUT2D eigenvalue weighted by molar-refractivity contribution is 0.542. The molecule has 0 aliphatic carbocycles. The molecule has 2 aromatic rings. The number of hydrogen-bond acceptors (Lipinski definition) is 2. The van der Waals surface area contributed by atoms with E-state index in [1.165, 1.54) is 5.56 Å². The predicted octanol–water partition coefficient (Wildman–Crippen LogP) is 4.39. The van der Waals surface area contributed by atoms with Crippen LogP contribution in [0.15, 0.2) is 47.1 Å². The van der Waals surface area contributed by atoms with Crippen molar-refractivity contribution in [2.45, 2.75) is 19.4 Å². The summed E-state index contributed by atoms with van der Waals surface area (Å²) in [6, 6.07) is 12.1. The van der Waals surface area contributed by atoms with Crippen molar-refractivity contribution in [1.29, 1.82) is 0 Å². The first-order valence-electron chi connectivity index (χ1n) is 6.29. The van der Waals surface area contributed by atoms with Gasteiger partial charge in [-0.25, -0.2) is 0 Å². The summed E-state index contributed by atoms with van der Waals surface area (Å²) in [5, 5.41) is 4.24. The standard InChI is InChI=1S/C15H16BrClN2/c1-2-18-15(10-12-5-3-4-8-19-12)13-9-11(17)6-7-14(13)16/h3-9,15,18H,2,10H2,1H3. The summed E-state index contributed by atoms with van der Waals surface area (Å²) in [6.07, 6.45) is 2.67. The third kappa shape index (κ3) is 4.03. The van der Waals surface area contributed by atoms with Gasteiger partial charge in [-0.3, -0.25) is 4.98 Å². The average molecular weight is 340 g/mol. The van der Waals surface area contributed by atoms with Gasteiger partial charge >= 0.3 is 0 Å². The molecular formula is C15H16BrClN2. The zero-order valence-electron chi connectivity index (χ0n) is 10.7. The molecule has 1 aromatic heterocycles. The summed E-state index contributed by atoms with van der Waals surface area (Å²) in [6.45, 7) is 3.00. The third-order valence-corrected chi connectivity index (χ3v) is 3.88. The summed E-state index contributed by atoms with van der Waals surface area (Å²) in [4.78, 5) is 4.39. The van der Waals surface area contributed by atoms with Crippen molar-refractivity contribution >= 4 is 27.5 Å². The number of hydrogen-bond donors (Lipinski definition) is 1. The molecule has 0 radical (unpaired) electrons. The van der Waals surface area contributed by atoms with E-state index in [4.69, 9.17) is 11.6 Å². The van der Waals surface area contributed by atoms with Gasteiger partial charge < -0.3 is 5.32 Å². The summed E-state index contributed by atoms with van der Waals surface area (Å²) in [7, 11) is 0. The van der Waals surface area contributed by atoms with Gasteiger partial charge in [0.15, 0.2) is 0 Å². The van der Waals surface area contributed by atoms with Crippen LogP contribution in [0.5, 0.6) is 0 Å². The molecule has 0 aliphatic heterocycles. The molecule has 0 amide bonds. The van der Waals surface area contributed by atoms with Gasteiger partial charge in [0, 0.05) is 33.8 Å². The highest BCUT2D eigenvalue weighted by atomic mass is 79.9. The van der Waals surface area contributed by atoms with Gasteiger partial charge in [0.1, 0.15) is 0 Å². The SMILES string of the molecule is CCNC(Cc1ccccn1)c1cc(Cl)ccc1Br. The average Bonchev–Trinajstić information content (AvgIpc) is 2.42. The van der Waals surface area contributed by atoms with E-state index < -0.39 is 0 Å². The van der Waals surface area contributed by atoms with Crippen LogP contribution in [-0.2, 0) is 6.42 Å². The van der Waals surface area contributed by atoms with E-state index in [1.807, 2.05) is 42.6 Å². The lowest BCUT2D eigenvalue weighted by Gasteiger charge is -2.19. The minimum absolute atomic E-state index is 0.202. The van der Waals surface area contributed by atoms with E-state index in [0.29, 0.717) is 0 Å². The fraction of sp³-hybridized carbons (Fsp3) is 0.267. The highest BCUT2D eigenvalue weighted by Crippen LogP contribution is 2.28. The molecule has 19 heavy (non-hydrogen) atoms. The maximum absolute atomic E-state index is 6.10. The number of likely N-dealkylation sites (N-methyl/N-ethyl adjacent to an activating group) is 1. The second-order valence-electron chi connectivity index (χ2n) is 4.30. The molecule has 1 unspecified atom stereocenters. The first-order chi connectivity index (χ1) is 9.20. The number of aromatic nitrogens is 1. The Morgan fingerprint density at radius 1 is 1.32 bits per heavy atom. The second-order valence-corrected chi connectivity index (χ2v) is 5.59. The quantitative estimate of drug-likeness (QED) is 0.874. The van der Waals surface area contributed by atoms with Crippen molar-refractivity contribution in [3.05, 3.63) is 63.3 Å². The van der Waals surface area contributed by atoms with Gasteiger partial charge in [-0.2, -0.15) is 0 Å². The van der Waals surface area contributed by atoms with E-state index in [9.17, 15) is 0 Å². The van der Waals surface area contributed by atoms with E-state index >= 15 is 0 Å². The van der Waals surface area contributed by atoms with Gasteiger partial charge in [-0.1, -0.05) is 40.5 Å². The molecule has 1 aromatic carbocycles. The lowest BCUT2D eigenvalue weighted by Crippen LogP contribution is -2.23. The highest BCUT2D eigenvalue weighted by molar-refractivity contribution is 9.10. The van der Waals surface area contributed by atoms with Gasteiger partial charge in [0.25, 0.3) is 0 Å². The smallest absolute Gasteiger partial charge is 0.0422 e. The van der Waals surface area contributed by atoms with Crippen molar-refractivity contribution < 1.29 is 0 Å². The first kappa shape index (κ1) is 14.5. The van der Waals surface area contributed by atoms with E-state index in [-0.39, 0.29) is 6.04 Å². The Balaban J connectivity index is 2.27. The molecule has 0 saturated heterocycles. The van der Waals surface area contributed by atoms with Crippen molar-refractivity contribution in [2.24, 2.45) is 0 Å². The van der Waals surface area contributed by atoms with Gasteiger partial charge in [0.2, 0.25) is 0 Å². The molecule has 1 atom stereocenters. The number of nitrogens with one attached hydrogen (secondary N) is 1. The van der Waals surface area contributed by atoms with Gasteiger partial charge in [-0.15, -0.1) is 0 Å². The van der Waals surface area contributed by atoms with Crippen LogP contribution in [0.1, 0.15) is 24.2 Å². The maximum atomic E-state index is 6.10. The van der Waals surface area contributed by atoms with Crippen LogP contribution in [0.2, 0.25) is 5.02 Å². The molecule has 4 heteroatoms. The molecule has 1 N–H and O–H groups in total. The van der Waals surface area contributed by atoms with Crippen molar-refractivity contribution in [3.8, 4) is 0 Å². The van der Waals surface area contributed by atoms with Crippen LogP contribution in [0.3, 0.4) is 0 Å². The van der Waals surface area contributed by atoms with Crippen LogP contribution in [0.25, 0.3) is 0 Å². The summed E-state index contributed by atoms with van der Waals surface area (Å²) in [5.41, 5.74) is 2.24. The largest absolute Gasteiger partial charge is 0.310 e. The normalized spacial score (nSPS) is 12.4. The molecule has 0 saturated carbocycles. The Labute approximate surface area is 127 Å². The highest BCUT2D eigenvalue weighted by Gasteiger charge is 2.15. The minimum Gasteiger partial charge on any atom is -0.310 e. The molecule has 100 valence electrons. The monoisotopic (exact) mass is 338 g/mol. The number of benzene rings is 1. The molecule has 2 nitrogen and oxygen atoms in total. The number of rotatable bonds is 5. The maximum Gasteiger partial charge on any atom is 0.0422 e. The number of halogens is 2. The van der Waals surface area contributed by atoms with Crippen LogP contribution in [0.4, 0.5) is 0 Å². The first-order valence-corrected chi connectivity index (χ1v) is 7.46. The van der Waals surface area contributed by atoms with Crippen LogP contribution < -0.4 is 5.32 Å². The molecule has 0 bridgehead atoms. The molecule has 0 aliphatic rings. The zero-order valence-corrected chi connectivity index (χ0v) is 13.1. The Hall–Kier alpha value is -0.900. The Morgan fingerprint density at radius 2 is 2.16 bits per heavy atom. The van der Waals surface area contributed by atoms with E-state index in [0.717, 1.165) is 28.2 Å². The van der Waals surface area contributed by atoms with Gasteiger partial charge in [0.05, 0.1) is 0 Å². The zero-order chi connectivity index (χ0) is 13.7. The van der Waals surface area contributed by atoms with Crippen LogP contribution in [-0.4, -0.2) is 11.5 Å². The summed E-state index contributed by atoms with van der Waals surface area (Å²) >= 11 is 9.70. The second kappa shape index (κ2) is 7.04. The molecule has 0 spiro atoms.